The number of nitrogens with zero attached hydrogens (tertiary/aromatic N) is 1. The highest BCUT2D eigenvalue weighted by molar-refractivity contribution is 9.10. The molecule has 2 atom stereocenters. The highest BCUT2D eigenvalue weighted by Gasteiger charge is 2.13. The van der Waals surface area contributed by atoms with E-state index in [1.165, 1.54) is 0 Å². The molecule has 0 aliphatic rings. The zero-order chi connectivity index (χ0) is 13.5. The molecular weight excluding hydrogens is 294 g/mol. The largest absolute Gasteiger partial charge is 0.389 e. The Hall–Kier alpha value is -0.420. The number of likely N-dealkylation sites (N-methyl/N-ethyl adjacent to an activating group) is 1. The first-order chi connectivity index (χ1) is 8.52. The zero-order valence-electron chi connectivity index (χ0n) is 11.3. The van der Waals surface area contributed by atoms with Crippen LogP contribution < -0.4 is 0 Å². The molecule has 0 spiro atoms. The molecule has 102 valence electrons. The predicted molar refractivity (Wildman–Crippen MR) is 77.7 cm³/mol. The molecule has 1 N–H and O–H groups in total. The Morgan fingerprint density at radius 1 is 1.28 bits per heavy atom. The molecule has 1 aromatic carbocycles. The zero-order valence-corrected chi connectivity index (χ0v) is 12.9. The van der Waals surface area contributed by atoms with Crippen LogP contribution in [0.5, 0.6) is 0 Å². The number of hydrogen-bond donors (Lipinski definition) is 1. The third-order valence-corrected chi connectivity index (χ3v) is 3.21. The average molecular weight is 316 g/mol. The van der Waals surface area contributed by atoms with Crippen molar-refractivity contribution >= 4 is 15.9 Å². The van der Waals surface area contributed by atoms with Gasteiger partial charge in [0.15, 0.2) is 0 Å². The molecule has 0 amide bonds. The van der Waals surface area contributed by atoms with Crippen molar-refractivity contribution in [2.24, 2.45) is 0 Å². The van der Waals surface area contributed by atoms with Crippen LogP contribution >= 0.6 is 15.9 Å². The molecule has 0 saturated heterocycles. The van der Waals surface area contributed by atoms with E-state index in [9.17, 15) is 5.11 Å². The summed E-state index contributed by atoms with van der Waals surface area (Å²) in [6.07, 6.45) is 0.510. The lowest BCUT2D eigenvalue weighted by molar-refractivity contribution is -0.0193. The van der Waals surface area contributed by atoms with Crippen LogP contribution in [-0.2, 0) is 4.74 Å². The fourth-order valence-electron chi connectivity index (χ4n) is 1.83. The Kier molecular flexibility index (Phi) is 6.86. The van der Waals surface area contributed by atoms with Crippen LogP contribution in [0.3, 0.4) is 0 Å². The summed E-state index contributed by atoms with van der Waals surface area (Å²) in [4.78, 5) is 1.95. The maximum absolute atomic E-state index is 9.78. The van der Waals surface area contributed by atoms with E-state index >= 15 is 0 Å². The summed E-state index contributed by atoms with van der Waals surface area (Å²) in [5.41, 5.74) is 1.15. The van der Waals surface area contributed by atoms with Crippen molar-refractivity contribution in [2.75, 3.05) is 27.2 Å². The third-order valence-electron chi connectivity index (χ3n) is 2.68. The fourth-order valence-corrected chi connectivity index (χ4v) is 2.09. The minimum absolute atomic E-state index is 0.0508. The minimum atomic E-state index is -0.440. The summed E-state index contributed by atoms with van der Waals surface area (Å²) in [5, 5.41) is 9.78. The molecular formula is C14H22BrNO2. The van der Waals surface area contributed by atoms with Crippen molar-refractivity contribution in [3.63, 3.8) is 0 Å². The number of halogens is 1. The topological polar surface area (TPSA) is 32.7 Å². The molecule has 1 aromatic rings. The lowest BCUT2D eigenvalue weighted by atomic mass is 10.1. The van der Waals surface area contributed by atoms with Gasteiger partial charge in [-0.1, -0.05) is 35.0 Å². The Morgan fingerprint density at radius 3 is 2.39 bits per heavy atom. The van der Waals surface area contributed by atoms with Crippen LogP contribution in [0.15, 0.2) is 28.7 Å². The molecule has 18 heavy (non-hydrogen) atoms. The minimum Gasteiger partial charge on any atom is -0.389 e. The van der Waals surface area contributed by atoms with Crippen LogP contribution in [0.2, 0.25) is 0 Å². The van der Waals surface area contributed by atoms with Crippen molar-refractivity contribution in [1.82, 2.24) is 4.90 Å². The van der Waals surface area contributed by atoms with E-state index in [0.29, 0.717) is 13.2 Å². The van der Waals surface area contributed by atoms with Gasteiger partial charge in [-0.25, -0.2) is 0 Å². The van der Waals surface area contributed by atoms with Gasteiger partial charge >= 0.3 is 0 Å². The van der Waals surface area contributed by atoms with Gasteiger partial charge in [0.25, 0.3) is 0 Å². The molecule has 0 aliphatic carbocycles. The van der Waals surface area contributed by atoms with Gasteiger partial charge in [-0.3, -0.25) is 0 Å². The molecule has 0 bridgehead atoms. The van der Waals surface area contributed by atoms with Crippen LogP contribution in [0.25, 0.3) is 0 Å². The summed E-state index contributed by atoms with van der Waals surface area (Å²) in [6, 6.07) is 8.13. The molecule has 0 saturated carbocycles. The Morgan fingerprint density at radius 2 is 1.89 bits per heavy atom. The molecule has 0 heterocycles. The maximum Gasteiger partial charge on any atom is 0.0900 e. The van der Waals surface area contributed by atoms with Crippen molar-refractivity contribution in [3.8, 4) is 0 Å². The summed E-state index contributed by atoms with van der Waals surface area (Å²) in [5.74, 6) is 0. The third kappa shape index (κ3) is 5.48. The number of hydrogen-bond acceptors (Lipinski definition) is 3. The van der Waals surface area contributed by atoms with Crippen LogP contribution in [0.1, 0.15) is 25.0 Å². The summed E-state index contributed by atoms with van der Waals surface area (Å²) in [7, 11) is 3.88. The van der Waals surface area contributed by atoms with Gasteiger partial charge in [-0.2, -0.15) is 0 Å². The Labute approximate surface area is 118 Å². The van der Waals surface area contributed by atoms with E-state index in [2.05, 4.69) is 35.0 Å². The number of benzene rings is 1. The fraction of sp³-hybridized carbons (Fsp3) is 0.571. The van der Waals surface area contributed by atoms with Gasteiger partial charge in [-0.15, -0.1) is 0 Å². The first-order valence-corrected chi connectivity index (χ1v) is 7.02. The summed E-state index contributed by atoms with van der Waals surface area (Å²) in [6.45, 7) is 3.08. The molecule has 0 fully saturated rings. The second-order valence-electron chi connectivity index (χ2n) is 4.70. The van der Waals surface area contributed by atoms with E-state index in [1.807, 2.05) is 31.1 Å². The second kappa shape index (κ2) is 7.89. The van der Waals surface area contributed by atoms with E-state index < -0.39 is 6.10 Å². The number of ether oxygens (including phenoxy) is 1. The van der Waals surface area contributed by atoms with E-state index in [4.69, 9.17) is 4.74 Å². The summed E-state index contributed by atoms with van der Waals surface area (Å²) >= 11 is 3.42. The van der Waals surface area contributed by atoms with E-state index in [-0.39, 0.29) is 6.10 Å². The van der Waals surface area contributed by atoms with Gasteiger partial charge in [0.1, 0.15) is 0 Å². The molecule has 0 radical (unpaired) electrons. The molecule has 0 aromatic heterocycles. The highest BCUT2D eigenvalue weighted by atomic mass is 79.9. The van der Waals surface area contributed by atoms with Crippen molar-refractivity contribution < 1.29 is 9.84 Å². The van der Waals surface area contributed by atoms with Gasteiger partial charge in [-0.05, 0) is 38.2 Å². The van der Waals surface area contributed by atoms with Crippen molar-refractivity contribution in [1.29, 1.82) is 0 Å². The van der Waals surface area contributed by atoms with Gasteiger partial charge in [0.2, 0.25) is 0 Å². The van der Waals surface area contributed by atoms with Gasteiger partial charge in [0.05, 0.1) is 18.8 Å². The molecule has 1 rings (SSSR count). The standard InChI is InChI=1S/C14H22BrNO2/c1-4-14(11-5-7-12(15)8-6-11)18-10-13(17)9-16(2)3/h5-8,13-14,17H,4,9-10H2,1-3H3/t13-,14+/m0/s1. The smallest absolute Gasteiger partial charge is 0.0900 e. The van der Waals surface area contributed by atoms with E-state index in [0.717, 1.165) is 16.5 Å². The van der Waals surface area contributed by atoms with Gasteiger partial charge in [0, 0.05) is 11.0 Å². The normalized spacial score (nSPS) is 14.8. The quantitative estimate of drug-likeness (QED) is 0.840. The monoisotopic (exact) mass is 315 g/mol. The highest BCUT2D eigenvalue weighted by Crippen LogP contribution is 2.23. The molecule has 4 heteroatoms. The Balaban J connectivity index is 2.49. The SMILES string of the molecule is CC[C@@H](OC[C@@H](O)CN(C)C)c1ccc(Br)cc1. The van der Waals surface area contributed by atoms with Crippen molar-refractivity contribution in [2.45, 2.75) is 25.6 Å². The Bertz CT molecular complexity index is 340. The molecule has 0 unspecified atom stereocenters. The molecule has 3 nitrogen and oxygen atoms in total. The van der Waals surface area contributed by atoms with Crippen LogP contribution in [-0.4, -0.2) is 43.4 Å². The number of rotatable bonds is 7. The van der Waals surface area contributed by atoms with Crippen molar-refractivity contribution in [3.05, 3.63) is 34.3 Å². The first-order valence-electron chi connectivity index (χ1n) is 6.22. The van der Waals surface area contributed by atoms with Gasteiger partial charge < -0.3 is 14.7 Å². The predicted octanol–water partition coefficient (Wildman–Crippen LogP) is 2.84. The lowest BCUT2D eigenvalue weighted by Crippen LogP contribution is -2.30. The number of aliphatic hydroxyl groups excluding tert-OH is 1. The maximum atomic E-state index is 9.78. The first kappa shape index (κ1) is 15.6. The molecule has 0 aliphatic heterocycles. The van der Waals surface area contributed by atoms with E-state index in [1.54, 1.807) is 0 Å². The summed E-state index contributed by atoms with van der Waals surface area (Å²) < 4.78 is 6.85. The van der Waals surface area contributed by atoms with Crippen LogP contribution in [0.4, 0.5) is 0 Å². The average Bonchev–Trinajstić information content (AvgIpc) is 2.31. The second-order valence-corrected chi connectivity index (χ2v) is 5.61. The number of aliphatic hydroxyl groups is 1. The van der Waals surface area contributed by atoms with Crippen LogP contribution in [0, 0.1) is 0 Å². The lowest BCUT2D eigenvalue weighted by Gasteiger charge is -2.21.